The molecule has 6 heteroatoms. The van der Waals surface area contributed by atoms with E-state index in [4.69, 9.17) is 0 Å². The Morgan fingerprint density at radius 3 is 2.63 bits per heavy atom. The van der Waals surface area contributed by atoms with Crippen molar-refractivity contribution in [1.82, 2.24) is 4.57 Å². The Bertz CT molecular complexity index is 1090. The van der Waals surface area contributed by atoms with E-state index in [-0.39, 0.29) is 17.2 Å². The van der Waals surface area contributed by atoms with Gasteiger partial charge >= 0.3 is 0 Å². The second kappa shape index (κ2) is 7.56. The minimum atomic E-state index is -0.623. The van der Waals surface area contributed by atoms with Crippen LogP contribution in [0.4, 0.5) is 5.69 Å². The van der Waals surface area contributed by atoms with Gasteiger partial charge in [0.2, 0.25) is 0 Å². The van der Waals surface area contributed by atoms with Crippen LogP contribution in [0.2, 0.25) is 0 Å². The molecule has 0 atom stereocenters. The molecular formula is C21H21BrN2O3. The van der Waals surface area contributed by atoms with Gasteiger partial charge in [0.05, 0.1) is 5.52 Å². The van der Waals surface area contributed by atoms with E-state index in [0.29, 0.717) is 23.1 Å². The quantitative estimate of drug-likeness (QED) is 0.633. The highest BCUT2D eigenvalue weighted by Crippen LogP contribution is 2.30. The number of rotatable bonds is 4. The number of benzene rings is 2. The molecule has 0 saturated carbocycles. The SMILES string of the molecule is Cc1cccc(NC(=O)c2c(O)c3cc(Br)ccc3n(CC(C)C)c2=O)c1. The normalized spacial score (nSPS) is 11.1. The number of hydrogen-bond donors (Lipinski definition) is 2. The average Bonchev–Trinajstić information content (AvgIpc) is 2.58. The van der Waals surface area contributed by atoms with Gasteiger partial charge in [0.25, 0.3) is 11.5 Å². The van der Waals surface area contributed by atoms with Crippen molar-refractivity contribution in [2.45, 2.75) is 27.3 Å². The number of fused-ring (bicyclic) bond motifs is 1. The molecular weight excluding hydrogens is 408 g/mol. The Hall–Kier alpha value is -2.60. The average molecular weight is 429 g/mol. The molecule has 2 N–H and O–H groups in total. The maximum atomic E-state index is 13.1. The number of nitrogens with one attached hydrogen (secondary N) is 1. The molecule has 0 unspecified atom stereocenters. The maximum absolute atomic E-state index is 13.1. The third kappa shape index (κ3) is 3.90. The summed E-state index contributed by atoms with van der Waals surface area (Å²) in [6.07, 6.45) is 0. The summed E-state index contributed by atoms with van der Waals surface area (Å²) in [5.41, 5.74) is 1.41. The minimum absolute atomic E-state index is 0.201. The second-order valence-corrected chi connectivity index (χ2v) is 7.93. The molecule has 1 amide bonds. The van der Waals surface area contributed by atoms with Crippen LogP contribution < -0.4 is 10.9 Å². The molecule has 0 fully saturated rings. The number of anilines is 1. The van der Waals surface area contributed by atoms with Crippen LogP contribution >= 0.6 is 15.9 Å². The van der Waals surface area contributed by atoms with Crippen LogP contribution in [0.1, 0.15) is 29.8 Å². The van der Waals surface area contributed by atoms with Crippen molar-refractivity contribution in [2.24, 2.45) is 5.92 Å². The first-order valence-corrected chi connectivity index (χ1v) is 9.50. The first-order valence-electron chi connectivity index (χ1n) is 8.71. The summed E-state index contributed by atoms with van der Waals surface area (Å²) in [5.74, 6) is -0.726. The molecule has 1 aromatic heterocycles. The van der Waals surface area contributed by atoms with Gasteiger partial charge in [0.1, 0.15) is 11.3 Å². The van der Waals surface area contributed by atoms with Crippen molar-refractivity contribution >= 4 is 38.4 Å². The van der Waals surface area contributed by atoms with Crippen molar-refractivity contribution in [1.29, 1.82) is 0 Å². The summed E-state index contributed by atoms with van der Waals surface area (Å²) >= 11 is 3.38. The zero-order valence-corrected chi connectivity index (χ0v) is 17.0. The Morgan fingerprint density at radius 2 is 1.96 bits per heavy atom. The number of amides is 1. The third-order valence-electron chi connectivity index (χ3n) is 4.25. The number of hydrogen-bond acceptors (Lipinski definition) is 3. The van der Waals surface area contributed by atoms with E-state index in [1.54, 1.807) is 28.8 Å². The summed E-state index contributed by atoms with van der Waals surface area (Å²) in [4.78, 5) is 25.9. The standard InChI is InChI=1S/C21H21BrN2O3/c1-12(2)11-24-17-8-7-14(22)10-16(17)19(25)18(21(24)27)20(26)23-15-6-4-5-13(3)9-15/h4-10,12,25H,11H2,1-3H3,(H,23,26). The lowest BCUT2D eigenvalue weighted by Crippen LogP contribution is -2.31. The first-order chi connectivity index (χ1) is 12.8. The van der Waals surface area contributed by atoms with Crippen molar-refractivity contribution in [2.75, 3.05) is 5.32 Å². The number of aromatic hydroxyl groups is 1. The summed E-state index contributed by atoms with van der Waals surface area (Å²) in [5, 5.41) is 13.9. The summed E-state index contributed by atoms with van der Waals surface area (Å²) in [7, 11) is 0. The molecule has 0 aliphatic heterocycles. The van der Waals surface area contributed by atoms with E-state index in [0.717, 1.165) is 10.0 Å². The lowest BCUT2D eigenvalue weighted by atomic mass is 10.1. The molecule has 3 aromatic rings. The van der Waals surface area contributed by atoms with Crippen molar-refractivity contribution in [3.8, 4) is 5.75 Å². The Morgan fingerprint density at radius 1 is 1.22 bits per heavy atom. The molecule has 0 spiro atoms. The van der Waals surface area contributed by atoms with Gasteiger partial charge in [0, 0.05) is 22.1 Å². The zero-order valence-electron chi connectivity index (χ0n) is 15.4. The van der Waals surface area contributed by atoms with Gasteiger partial charge in [0.15, 0.2) is 0 Å². The number of aromatic nitrogens is 1. The summed E-state index contributed by atoms with van der Waals surface area (Å²) < 4.78 is 2.31. The second-order valence-electron chi connectivity index (χ2n) is 7.02. The minimum Gasteiger partial charge on any atom is -0.506 e. The van der Waals surface area contributed by atoms with Gasteiger partial charge in [-0.15, -0.1) is 0 Å². The van der Waals surface area contributed by atoms with E-state index in [1.807, 2.05) is 39.0 Å². The van der Waals surface area contributed by atoms with Gasteiger partial charge < -0.3 is 15.0 Å². The van der Waals surface area contributed by atoms with E-state index < -0.39 is 11.5 Å². The summed E-state index contributed by atoms with van der Waals surface area (Å²) in [6, 6.07) is 12.6. The van der Waals surface area contributed by atoms with Crippen LogP contribution in [0.15, 0.2) is 51.7 Å². The number of aryl methyl sites for hydroxylation is 1. The van der Waals surface area contributed by atoms with Gasteiger partial charge in [-0.2, -0.15) is 0 Å². The molecule has 0 aliphatic rings. The molecule has 140 valence electrons. The van der Waals surface area contributed by atoms with E-state index in [1.165, 1.54) is 0 Å². The molecule has 2 aromatic carbocycles. The highest BCUT2D eigenvalue weighted by atomic mass is 79.9. The zero-order chi connectivity index (χ0) is 19.7. The topological polar surface area (TPSA) is 71.3 Å². The number of halogens is 1. The number of pyridine rings is 1. The largest absolute Gasteiger partial charge is 0.506 e. The lowest BCUT2D eigenvalue weighted by molar-refractivity contribution is 0.102. The van der Waals surface area contributed by atoms with Crippen LogP contribution in [-0.4, -0.2) is 15.6 Å². The number of carbonyl (C=O) groups excluding carboxylic acids is 1. The molecule has 0 bridgehead atoms. The lowest BCUT2D eigenvalue weighted by Gasteiger charge is -2.17. The molecule has 0 radical (unpaired) electrons. The molecule has 1 heterocycles. The van der Waals surface area contributed by atoms with Crippen molar-refractivity contribution in [3.63, 3.8) is 0 Å². The first kappa shape index (κ1) is 19.2. The van der Waals surface area contributed by atoms with Crippen molar-refractivity contribution < 1.29 is 9.90 Å². The Kier molecular flexibility index (Phi) is 5.37. The number of nitrogens with zero attached hydrogens (tertiary/aromatic N) is 1. The van der Waals surface area contributed by atoms with Gasteiger partial charge in [-0.3, -0.25) is 9.59 Å². The van der Waals surface area contributed by atoms with Crippen LogP contribution in [0.25, 0.3) is 10.9 Å². The van der Waals surface area contributed by atoms with Gasteiger partial charge in [-0.05, 0) is 48.7 Å². The van der Waals surface area contributed by atoms with E-state index in [2.05, 4.69) is 21.2 Å². The smallest absolute Gasteiger partial charge is 0.267 e. The molecule has 0 aliphatic carbocycles. The van der Waals surface area contributed by atoms with Gasteiger partial charge in [-0.25, -0.2) is 0 Å². The van der Waals surface area contributed by atoms with Crippen LogP contribution in [0.5, 0.6) is 5.75 Å². The van der Waals surface area contributed by atoms with Gasteiger partial charge in [-0.1, -0.05) is 41.9 Å². The summed E-state index contributed by atoms with van der Waals surface area (Å²) in [6.45, 7) is 6.35. The molecule has 5 nitrogen and oxygen atoms in total. The van der Waals surface area contributed by atoms with Crippen LogP contribution in [-0.2, 0) is 6.54 Å². The Labute approximate surface area is 165 Å². The molecule has 3 rings (SSSR count). The number of carbonyl (C=O) groups is 1. The highest BCUT2D eigenvalue weighted by molar-refractivity contribution is 9.10. The van der Waals surface area contributed by atoms with Crippen molar-refractivity contribution in [3.05, 3.63) is 68.4 Å². The van der Waals surface area contributed by atoms with E-state index in [9.17, 15) is 14.7 Å². The molecule has 27 heavy (non-hydrogen) atoms. The maximum Gasteiger partial charge on any atom is 0.267 e. The Balaban J connectivity index is 2.19. The highest BCUT2D eigenvalue weighted by Gasteiger charge is 2.23. The predicted octanol–water partition coefficient (Wildman–Crippen LogP) is 4.69. The van der Waals surface area contributed by atoms with Crippen LogP contribution in [0.3, 0.4) is 0 Å². The third-order valence-corrected chi connectivity index (χ3v) is 4.74. The molecule has 0 saturated heterocycles. The fraction of sp³-hybridized carbons (Fsp3) is 0.238. The fourth-order valence-electron chi connectivity index (χ4n) is 3.08. The monoisotopic (exact) mass is 428 g/mol. The van der Waals surface area contributed by atoms with E-state index >= 15 is 0 Å². The van der Waals surface area contributed by atoms with Crippen LogP contribution in [0, 0.1) is 12.8 Å². The predicted molar refractivity (Wildman–Crippen MR) is 112 cm³/mol. The fourth-order valence-corrected chi connectivity index (χ4v) is 3.44.